The number of esters is 1. The molecule has 4 aliphatic rings. The second kappa shape index (κ2) is 9.01. The van der Waals surface area contributed by atoms with E-state index in [1.807, 2.05) is 0 Å². The van der Waals surface area contributed by atoms with Crippen molar-refractivity contribution in [1.82, 2.24) is 5.32 Å². The van der Waals surface area contributed by atoms with Gasteiger partial charge in [0.05, 0.1) is 11.0 Å². The molecule has 4 saturated carbocycles. The summed E-state index contributed by atoms with van der Waals surface area (Å²) in [4.78, 5) is 37.1. The first-order valence-corrected chi connectivity index (χ1v) is 11.7. The summed E-state index contributed by atoms with van der Waals surface area (Å²) < 4.78 is 5.09. The number of rotatable bonds is 8. The molecular formula is C25H34N2O4. The molecule has 6 nitrogen and oxygen atoms in total. The molecule has 1 aromatic rings. The van der Waals surface area contributed by atoms with E-state index in [9.17, 15) is 14.4 Å². The molecule has 1 aromatic carbocycles. The van der Waals surface area contributed by atoms with Gasteiger partial charge in [0, 0.05) is 12.2 Å². The highest BCUT2D eigenvalue weighted by Crippen LogP contribution is 2.60. The first-order chi connectivity index (χ1) is 14.8. The largest absolute Gasteiger partial charge is 0.452 e. The number of amides is 2. The van der Waals surface area contributed by atoms with Gasteiger partial charge in [-0.1, -0.05) is 13.8 Å². The van der Waals surface area contributed by atoms with Crippen LogP contribution in [0, 0.1) is 29.1 Å². The number of carbonyl (C=O) groups excluding carboxylic acids is 3. The molecule has 4 bridgehead atoms. The average molecular weight is 427 g/mol. The van der Waals surface area contributed by atoms with Crippen molar-refractivity contribution in [2.75, 3.05) is 18.5 Å². The topological polar surface area (TPSA) is 84.5 Å². The maximum Gasteiger partial charge on any atom is 0.338 e. The van der Waals surface area contributed by atoms with E-state index in [1.165, 1.54) is 19.3 Å². The lowest BCUT2D eigenvalue weighted by atomic mass is 9.49. The predicted octanol–water partition coefficient (Wildman–Crippen LogP) is 4.16. The van der Waals surface area contributed by atoms with E-state index in [4.69, 9.17) is 4.74 Å². The molecule has 31 heavy (non-hydrogen) atoms. The van der Waals surface area contributed by atoms with Crippen LogP contribution >= 0.6 is 0 Å². The highest BCUT2D eigenvalue weighted by atomic mass is 16.5. The van der Waals surface area contributed by atoms with Crippen LogP contribution in [0.5, 0.6) is 0 Å². The van der Waals surface area contributed by atoms with Crippen molar-refractivity contribution in [2.45, 2.75) is 58.8 Å². The summed E-state index contributed by atoms with van der Waals surface area (Å²) in [5, 5.41) is 5.83. The van der Waals surface area contributed by atoms with Crippen LogP contribution in [0.3, 0.4) is 0 Å². The summed E-state index contributed by atoms with van der Waals surface area (Å²) in [6.45, 7) is 4.45. The molecule has 2 N–H and O–H groups in total. The molecule has 4 fully saturated rings. The number of nitrogens with one attached hydrogen (secondary N) is 2. The standard InChI is InChI=1S/C25H34N2O4/c1-16(2)7-8-26-22(28)15-31-23(29)20-3-5-21(6-4-20)27-24(30)25-12-17-9-18(13-25)11-19(10-17)14-25/h3-6,16-19H,7-15H2,1-2H3,(H,26,28)(H,27,30). The molecule has 2 amide bonds. The van der Waals surface area contributed by atoms with Gasteiger partial charge in [-0.05, 0) is 92.9 Å². The molecular weight excluding hydrogens is 392 g/mol. The van der Waals surface area contributed by atoms with E-state index < -0.39 is 5.97 Å². The maximum atomic E-state index is 13.1. The summed E-state index contributed by atoms with van der Waals surface area (Å²) in [6.07, 6.45) is 7.87. The molecule has 0 spiro atoms. The zero-order valence-electron chi connectivity index (χ0n) is 18.6. The molecule has 4 aliphatic carbocycles. The number of hydrogen-bond donors (Lipinski definition) is 2. The van der Waals surface area contributed by atoms with Gasteiger partial charge >= 0.3 is 5.97 Å². The lowest BCUT2D eigenvalue weighted by Crippen LogP contribution is -2.51. The van der Waals surface area contributed by atoms with Gasteiger partial charge in [0.2, 0.25) is 5.91 Å². The summed E-state index contributed by atoms with van der Waals surface area (Å²) >= 11 is 0. The third-order valence-electron chi connectivity index (χ3n) is 7.28. The number of anilines is 1. The van der Waals surface area contributed by atoms with Crippen molar-refractivity contribution in [3.8, 4) is 0 Å². The maximum absolute atomic E-state index is 13.1. The van der Waals surface area contributed by atoms with Crippen molar-refractivity contribution < 1.29 is 19.1 Å². The molecule has 0 unspecified atom stereocenters. The monoisotopic (exact) mass is 426 g/mol. The van der Waals surface area contributed by atoms with Gasteiger partial charge in [0.15, 0.2) is 6.61 Å². The second-order valence-electron chi connectivity index (χ2n) is 10.3. The Morgan fingerprint density at radius 1 is 1.00 bits per heavy atom. The minimum atomic E-state index is -0.544. The van der Waals surface area contributed by atoms with Crippen LogP contribution in [0.15, 0.2) is 24.3 Å². The number of hydrogen-bond acceptors (Lipinski definition) is 4. The second-order valence-corrected chi connectivity index (χ2v) is 10.3. The lowest BCUT2D eigenvalue weighted by molar-refractivity contribution is -0.140. The van der Waals surface area contributed by atoms with Crippen molar-refractivity contribution in [2.24, 2.45) is 29.1 Å². The third-order valence-corrected chi connectivity index (χ3v) is 7.28. The van der Waals surface area contributed by atoms with Gasteiger partial charge in [-0.25, -0.2) is 4.79 Å². The van der Waals surface area contributed by atoms with E-state index >= 15 is 0 Å². The van der Waals surface area contributed by atoms with Gasteiger partial charge in [0.25, 0.3) is 5.91 Å². The van der Waals surface area contributed by atoms with E-state index in [0.717, 1.165) is 43.4 Å². The zero-order valence-corrected chi connectivity index (χ0v) is 18.6. The lowest BCUT2D eigenvalue weighted by Gasteiger charge is -2.55. The Morgan fingerprint density at radius 3 is 2.13 bits per heavy atom. The van der Waals surface area contributed by atoms with Crippen LogP contribution in [0.25, 0.3) is 0 Å². The van der Waals surface area contributed by atoms with Gasteiger partial charge in [0.1, 0.15) is 0 Å². The number of ether oxygens (including phenoxy) is 1. The normalized spacial score (nSPS) is 28.4. The van der Waals surface area contributed by atoms with Crippen LogP contribution in [-0.2, 0) is 14.3 Å². The summed E-state index contributed by atoms with van der Waals surface area (Å²) in [5.41, 5.74) is 0.862. The van der Waals surface area contributed by atoms with E-state index in [2.05, 4.69) is 24.5 Å². The molecule has 0 saturated heterocycles. The predicted molar refractivity (Wildman–Crippen MR) is 118 cm³/mol. The summed E-state index contributed by atoms with van der Waals surface area (Å²) in [5.74, 6) is 1.96. The van der Waals surface area contributed by atoms with Gasteiger partial charge in [-0.2, -0.15) is 0 Å². The molecule has 0 aromatic heterocycles. The van der Waals surface area contributed by atoms with E-state index in [-0.39, 0.29) is 23.8 Å². The fourth-order valence-corrected chi connectivity index (χ4v) is 6.11. The van der Waals surface area contributed by atoms with Crippen LogP contribution in [-0.4, -0.2) is 30.9 Å². The minimum absolute atomic E-state index is 0.139. The van der Waals surface area contributed by atoms with Crippen LogP contribution in [0.2, 0.25) is 0 Å². The molecule has 0 radical (unpaired) electrons. The van der Waals surface area contributed by atoms with Gasteiger partial charge in [-0.3, -0.25) is 9.59 Å². The smallest absolute Gasteiger partial charge is 0.338 e. The van der Waals surface area contributed by atoms with Crippen molar-refractivity contribution >= 4 is 23.5 Å². The molecule has 6 heteroatoms. The van der Waals surface area contributed by atoms with E-state index in [0.29, 0.717) is 23.7 Å². The molecule has 0 atom stereocenters. The van der Waals surface area contributed by atoms with Crippen LogP contribution in [0.1, 0.15) is 69.2 Å². The quantitative estimate of drug-likeness (QED) is 0.611. The minimum Gasteiger partial charge on any atom is -0.452 e. The number of benzene rings is 1. The van der Waals surface area contributed by atoms with Gasteiger partial charge < -0.3 is 15.4 Å². The molecule has 0 aliphatic heterocycles. The van der Waals surface area contributed by atoms with Crippen molar-refractivity contribution in [1.29, 1.82) is 0 Å². The summed E-state index contributed by atoms with van der Waals surface area (Å²) in [7, 11) is 0. The van der Waals surface area contributed by atoms with Gasteiger partial charge in [-0.15, -0.1) is 0 Å². The fraction of sp³-hybridized carbons (Fsp3) is 0.640. The summed E-state index contributed by atoms with van der Waals surface area (Å²) in [6, 6.07) is 6.73. The Balaban J connectivity index is 1.27. The Labute approximate surface area is 184 Å². The highest BCUT2D eigenvalue weighted by molar-refractivity contribution is 5.96. The zero-order chi connectivity index (χ0) is 22.0. The Morgan fingerprint density at radius 2 is 1.58 bits per heavy atom. The third kappa shape index (κ3) is 5.10. The van der Waals surface area contributed by atoms with Crippen LogP contribution < -0.4 is 10.6 Å². The fourth-order valence-electron chi connectivity index (χ4n) is 6.11. The molecule has 0 heterocycles. The molecule has 5 rings (SSSR count). The first kappa shape index (κ1) is 21.8. The van der Waals surface area contributed by atoms with E-state index in [1.54, 1.807) is 24.3 Å². The first-order valence-electron chi connectivity index (χ1n) is 11.7. The van der Waals surface area contributed by atoms with Crippen molar-refractivity contribution in [3.05, 3.63) is 29.8 Å². The highest BCUT2D eigenvalue weighted by Gasteiger charge is 2.54. The Kier molecular flexibility index (Phi) is 6.35. The Hall–Kier alpha value is -2.37. The average Bonchev–Trinajstić information content (AvgIpc) is 2.71. The number of carbonyl (C=O) groups is 3. The van der Waals surface area contributed by atoms with Crippen molar-refractivity contribution in [3.63, 3.8) is 0 Å². The Bertz CT molecular complexity index is 795. The SMILES string of the molecule is CC(C)CCNC(=O)COC(=O)c1ccc(NC(=O)C23CC4CC(CC(C4)C2)C3)cc1. The van der Waals surface area contributed by atoms with Crippen LogP contribution in [0.4, 0.5) is 5.69 Å². The molecule has 168 valence electrons.